The molecule has 0 aliphatic carbocycles. The van der Waals surface area contributed by atoms with Crippen molar-refractivity contribution >= 4 is 118 Å². The van der Waals surface area contributed by atoms with Crippen LogP contribution in [-0.2, 0) is 63.9 Å². The molecule has 40 nitrogen and oxygen atoms in total. The molecule has 0 bridgehead atoms. The smallest absolute Gasteiger partial charge is 0.216 e. The monoisotopic (exact) mass is 2090 g/mol. The summed E-state index contributed by atoms with van der Waals surface area (Å²) >= 11 is 0. The van der Waals surface area contributed by atoms with Gasteiger partial charge in [0, 0.05) is 83.0 Å². The topological polar surface area (TPSA) is 745 Å². The minimum absolute atomic E-state index is 0.00325. The molecule has 10 aromatic rings. The zero-order valence-electron chi connectivity index (χ0n) is 134. The van der Waals surface area contributed by atoms with Crippen LogP contribution in [0.5, 0.6) is 0 Å². The minimum Gasteiger partial charge on any atom is -0.387 e. The molecular formula is C110H160N40. The predicted octanol–water partition coefficient (Wildman–Crippen LogP) is 11.1. The molecule has 0 aliphatic heterocycles. The maximum atomic E-state index is 7.96. The van der Waals surface area contributed by atoms with Crippen molar-refractivity contribution in [2.24, 2.45) is 118 Å². The highest BCUT2D eigenvalue weighted by molar-refractivity contribution is 6.01. The third-order valence-electron chi connectivity index (χ3n) is 14.1. The SMILES string of the molecule is [2H]C([2H])(N=C(N)N=C(C)N)C([2H])([2H])c1ccccc1.[2H]c1cc([2H])c([2H])c(C([2H])([2H])C([2H])([2H])N=C(N)NC(C)=N)c1[2H].[2H]c1cc([2H])c([2H])c(C([2H])([2H])CN=C(N)NC(C)=N)c1[2H].[2H]c1cc([2H])c([2H])c(CC([2H])([2H])N=C(N)NC(C)=N)c1[2H].[2H]c1cc([2H])cc(C([2H])([2H])C([2H])([2H])N=C(N)NC(C)=N)c1.[2H]c1cc([2H])cc(C([2H])CN=C(N)NC(C)=N)c1.[2H]c1cccc([2H])c1C([2H])([2H])C([2H])([2H])N=C(N)NC(C)=N.[2H]c1cccc([2H])c1C([2H])([2H])CN=C(N)NC(C)=N.[2H]c1cccc([2H])c1CC([2H])([2H])N=C(N)NC(C)=N.[2H]c1cccc([2H])c1CC([2H])N=C(N)NC(C)=N. The van der Waals surface area contributed by atoms with Gasteiger partial charge < -0.3 is 111 Å². The van der Waals surface area contributed by atoms with Gasteiger partial charge in [-0.2, -0.15) is 0 Å². The number of hydrogen-bond donors (Lipinski definition) is 29. The Balaban J connectivity index is 0.00000111. The van der Waals surface area contributed by atoms with Crippen molar-refractivity contribution in [3.8, 4) is 0 Å². The molecule has 0 saturated heterocycles. The summed E-state index contributed by atoms with van der Waals surface area (Å²) in [5.74, 6) is -2.08. The standard InChI is InChI=1S/10C11H16N4/c10*1-9(12)15-11(13)14-8-7-10-5-3-2-4-6-10/h10*2-6H,7-8H2,1H3,(H4,12,13,14,15)/i3D,4D,5D,6D,7D2,8D2;3D,4D,5D,6D,8D2;3D,4D,5D,6D,7D2;5D,6D,7D2,8D2;3D,4D,7D2,8D2;5D,6D,8D2;5D,6D,8D;5D,6D,7D2;3D,4D,7D;7D2,8D2. The molecule has 0 aromatic heterocycles. The second-order valence-corrected chi connectivity index (χ2v) is 27.8. The van der Waals surface area contributed by atoms with Gasteiger partial charge in [-0.1, -0.05) is 303 Å². The fourth-order valence-electron chi connectivity index (χ4n) is 8.54. The van der Waals surface area contributed by atoms with Crippen molar-refractivity contribution in [2.75, 3.05) is 65.1 Å². The molecule has 800 valence electrons. The van der Waals surface area contributed by atoms with Crippen LogP contribution in [0.15, 0.2) is 358 Å². The number of nitrogens with one attached hydrogen (secondary N) is 18. The van der Waals surface area contributed by atoms with Crippen LogP contribution in [0.3, 0.4) is 0 Å². The van der Waals surface area contributed by atoms with Gasteiger partial charge in [-0.25, -0.2) is 4.99 Å². The van der Waals surface area contributed by atoms with Gasteiger partial charge >= 0.3 is 0 Å². The Labute approximate surface area is 955 Å². The fourth-order valence-corrected chi connectivity index (χ4v) is 8.54. The first-order valence-corrected chi connectivity index (χ1v) is 43.3. The Morgan fingerprint density at radius 3 is 0.773 bits per heavy atom. The molecule has 0 radical (unpaired) electrons. The van der Waals surface area contributed by atoms with Gasteiger partial charge in [0.05, 0.1) is 109 Å². The first kappa shape index (κ1) is 68.1. The highest BCUT2D eigenvalue weighted by Crippen LogP contribution is 2.08. The van der Waals surface area contributed by atoms with Crippen molar-refractivity contribution in [1.82, 2.24) is 47.9 Å². The number of rotatable bonds is 30. The Kier molecular flexibility index (Phi) is 38.1. The van der Waals surface area contributed by atoms with E-state index in [1.54, 1.807) is 42.5 Å². The summed E-state index contributed by atoms with van der Waals surface area (Å²) in [7, 11) is 0. The van der Waals surface area contributed by atoms with E-state index in [-0.39, 0.29) is 262 Å². The van der Waals surface area contributed by atoms with Gasteiger partial charge in [0.15, 0.2) is 53.6 Å². The number of guanidine groups is 10. The molecule has 2 unspecified atom stereocenters. The molecule has 10 aromatic carbocycles. The average Bonchev–Trinajstić information content (AvgIpc) is 0.754. The Morgan fingerprint density at radius 2 is 0.447 bits per heavy atom. The van der Waals surface area contributed by atoms with Crippen molar-refractivity contribution in [3.05, 3.63) is 358 Å². The molecule has 0 heterocycles. The van der Waals surface area contributed by atoms with E-state index in [4.69, 9.17) is 180 Å². The van der Waals surface area contributed by atoms with Crippen molar-refractivity contribution < 1.29 is 68.5 Å². The summed E-state index contributed by atoms with van der Waals surface area (Å²) in [6.07, 6.45) is -16.0. The minimum atomic E-state index is -2.99. The molecule has 0 spiro atoms. The summed E-state index contributed by atoms with van der Waals surface area (Å²) in [6, 6.07) is 31.9. The van der Waals surface area contributed by atoms with Crippen LogP contribution in [0.1, 0.15) is 193 Å². The molecular weight excluding hydrogens is 1880 g/mol. The number of aryl methyl sites for hydroxylation is 2. The fraction of sp³-hybridized carbons (Fsp3) is 0.273. The van der Waals surface area contributed by atoms with Crippen LogP contribution in [0.25, 0.3) is 0 Å². The van der Waals surface area contributed by atoms with Gasteiger partial charge in [-0.05, 0) is 189 Å². The van der Waals surface area contributed by atoms with E-state index in [0.717, 1.165) is 30.3 Å². The first-order valence-electron chi connectivity index (χ1n) is 68.5. The van der Waals surface area contributed by atoms with Gasteiger partial charge in [-0.15, -0.1) is 0 Å². The molecule has 0 aliphatic rings. The Bertz CT molecular complexity index is 8580. The van der Waals surface area contributed by atoms with Crippen LogP contribution < -0.4 is 111 Å². The molecule has 0 fully saturated rings. The lowest BCUT2D eigenvalue weighted by Crippen LogP contribution is -2.35. The van der Waals surface area contributed by atoms with Crippen LogP contribution in [0.4, 0.5) is 0 Å². The summed E-state index contributed by atoms with van der Waals surface area (Å²) in [6.45, 7) is -2.55. The number of benzene rings is 10. The lowest BCUT2D eigenvalue weighted by molar-refractivity contribution is 0.955. The zero-order chi connectivity index (χ0) is 155. The third-order valence-corrected chi connectivity index (χ3v) is 14.1. The highest BCUT2D eigenvalue weighted by atomic mass is 15.2. The molecule has 0 amide bonds. The lowest BCUT2D eigenvalue weighted by atomic mass is 10.2. The number of nitrogens with two attached hydrogens (primary N) is 11. The number of amidine groups is 10. The molecule has 40 heteroatoms. The predicted molar refractivity (Wildman–Crippen MR) is 632 cm³/mol. The number of nitrogens with zero attached hydrogens (tertiary/aromatic N) is 11. The number of hydrogen-bond acceptors (Lipinski definition) is 19. The molecule has 2 atom stereocenters. The quantitative estimate of drug-likeness (QED) is 0.0147. The van der Waals surface area contributed by atoms with E-state index in [1.165, 1.54) is 154 Å². The van der Waals surface area contributed by atoms with E-state index in [9.17, 15) is 0 Å². The molecule has 40 N–H and O–H groups in total. The van der Waals surface area contributed by atoms with Crippen molar-refractivity contribution in [1.29, 1.82) is 48.7 Å². The lowest BCUT2D eigenvalue weighted by Gasteiger charge is -2.02. The van der Waals surface area contributed by atoms with Crippen molar-refractivity contribution in [2.45, 2.75) is 133 Å². The maximum Gasteiger partial charge on any atom is 0.216 e. The summed E-state index contributed by atoms with van der Waals surface area (Å²) in [4.78, 5) is 39.8. The van der Waals surface area contributed by atoms with Crippen LogP contribution in [-0.4, -0.2) is 183 Å². The van der Waals surface area contributed by atoms with E-state index in [2.05, 4.69) is 103 Å². The van der Waals surface area contributed by atoms with E-state index in [1.807, 2.05) is 0 Å². The van der Waals surface area contributed by atoms with E-state index in [0.29, 0.717) is 11.1 Å². The van der Waals surface area contributed by atoms with E-state index < -0.39 is 174 Å². The Morgan fingerprint density at radius 1 is 0.220 bits per heavy atom. The van der Waals surface area contributed by atoms with E-state index >= 15 is 0 Å². The largest absolute Gasteiger partial charge is 0.387 e. The van der Waals surface area contributed by atoms with Crippen LogP contribution in [0.2, 0.25) is 0 Å². The average molecular weight is 2090 g/mol. The van der Waals surface area contributed by atoms with Crippen molar-refractivity contribution in [3.63, 3.8) is 0 Å². The van der Waals surface area contributed by atoms with Crippen LogP contribution >= 0.6 is 0 Å². The summed E-state index contributed by atoms with van der Waals surface area (Å²) < 4.78 is 387. The summed E-state index contributed by atoms with van der Waals surface area (Å²) in [5.41, 5.74) is 59.5. The molecule has 150 heavy (non-hydrogen) atoms. The molecule has 0 saturated carbocycles. The van der Waals surface area contributed by atoms with Gasteiger partial charge in [0.2, 0.25) is 5.96 Å². The summed E-state index contributed by atoms with van der Waals surface area (Å²) in [5, 5.41) is 85.9. The first-order chi connectivity index (χ1) is 91.2. The highest BCUT2D eigenvalue weighted by Gasteiger charge is 2.04. The van der Waals surface area contributed by atoms with Gasteiger partial charge in [-0.3, -0.25) is 98.6 Å². The Hall–Kier alpha value is -18.4. The zero-order valence-corrected chi connectivity index (χ0v) is 83.7. The normalized spacial score (nSPS) is 17.7. The maximum absolute atomic E-state index is 7.96. The third kappa shape index (κ3) is 82.1. The second-order valence-electron chi connectivity index (χ2n) is 27.8. The molecule has 10 rings (SSSR count). The number of aliphatic imine (C=N–C) groups is 11. The second kappa shape index (κ2) is 84.0. The van der Waals surface area contributed by atoms with Gasteiger partial charge in [0.1, 0.15) is 0 Å². The van der Waals surface area contributed by atoms with Crippen LogP contribution in [0, 0.1) is 48.7 Å². The van der Waals surface area contributed by atoms with Gasteiger partial charge in [0.25, 0.3) is 0 Å².